The largest absolute Gasteiger partial charge is 0.462 e. The zero-order chi connectivity index (χ0) is 43.0. The summed E-state index contributed by atoms with van der Waals surface area (Å²) in [4.78, 5) is 37.8. The molecule has 0 aromatic rings. The number of allylic oxidation sites excluding steroid dienone is 12. The summed E-state index contributed by atoms with van der Waals surface area (Å²) in [6, 6.07) is 0. The van der Waals surface area contributed by atoms with Crippen LogP contribution in [0.25, 0.3) is 0 Å². The molecule has 6 nitrogen and oxygen atoms in total. The number of unbranched alkanes of at least 4 members (excludes halogenated alkanes) is 23. The van der Waals surface area contributed by atoms with E-state index in [-0.39, 0.29) is 31.1 Å². The van der Waals surface area contributed by atoms with Crippen molar-refractivity contribution in [1.29, 1.82) is 0 Å². The zero-order valence-electron chi connectivity index (χ0n) is 38.5. The maximum atomic E-state index is 12.8. The predicted octanol–water partition coefficient (Wildman–Crippen LogP) is 15.9. The smallest absolute Gasteiger partial charge is 0.306 e. The Bertz CT molecular complexity index is 1130. The maximum absolute atomic E-state index is 12.8. The first-order valence-corrected chi connectivity index (χ1v) is 24.5. The molecule has 0 rings (SSSR count). The standard InChI is InChI=1S/C53H90O6/c1-4-7-10-13-16-19-22-24-26-28-31-34-37-40-43-46-52(55)58-49-50(48-57-51(54)45-42-39-36-33-30-21-18-15-12-9-6-3)59-53(56)47-44-41-38-35-32-29-27-25-23-20-17-14-11-8-5-2/h15-25,30,50H,4-14,26-29,31-49H2,1-3H3/b18-15-,19-16-,20-17-,24-22-,25-23-,30-21-. The molecule has 0 aliphatic carbocycles. The van der Waals surface area contributed by atoms with Gasteiger partial charge in [-0.15, -0.1) is 0 Å². The molecule has 1 atom stereocenters. The number of carbonyl (C=O) groups is 3. The lowest BCUT2D eigenvalue weighted by molar-refractivity contribution is -0.167. The van der Waals surface area contributed by atoms with Gasteiger partial charge < -0.3 is 14.2 Å². The highest BCUT2D eigenvalue weighted by Crippen LogP contribution is 2.13. The second-order valence-corrected chi connectivity index (χ2v) is 16.1. The maximum Gasteiger partial charge on any atom is 0.306 e. The van der Waals surface area contributed by atoms with Crippen LogP contribution in [0.1, 0.15) is 226 Å². The monoisotopic (exact) mass is 823 g/mol. The molecule has 0 saturated carbocycles. The van der Waals surface area contributed by atoms with Crippen molar-refractivity contribution in [2.45, 2.75) is 232 Å². The van der Waals surface area contributed by atoms with Crippen molar-refractivity contribution in [2.24, 2.45) is 0 Å². The van der Waals surface area contributed by atoms with Crippen LogP contribution in [0.3, 0.4) is 0 Å². The highest BCUT2D eigenvalue weighted by Gasteiger charge is 2.19. The topological polar surface area (TPSA) is 78.9 Å². The molecule has 0 aromatic carbocycles. The van der Waals surface area contributed by atoms with Gasteiger partial charge in [-0.2, -0.15) is 0 Å². The Morgan fingerprint density at radius 1 is 0.339 bits per heavy atom. The van der Waals surface area contributed by atoms with Crippen LogP contribution in [0.5, 0.6) is 0 Å². The van der Waals surface area contributed by atoms with Crippen LogP contribution in [-0.2, 0) is 28.6 Å². The molecule has 0 heterocycles. The van der Waals surface area contributed by atoms with Crippen LogP contribution in [0.4, 0.5) is 0 Å². The molecular weight excluding hydrogens is 733 g/mol. The van der Waals surface area contributed by atoms with Crippen LogP contribution in [0, 0.1) is 0 Å². The van der Waals surface area contributed by atoms with E-state index < -0.39 is 6.10 Å². The van der Waals surface area contributed by atoms with Gasteiger partial charge in [-0.3, -0.25) is 14.4 Å². The van der Waals surface area contributed by atoms with E-state index in [4.69, 9.17) is 14.2 Å². The quantitative estimate of drug-likeness (QED) is 0.0264. The van der Waals surface area contributed by atoms with Crippen molar-refractivity contribution >= 4 is 17.9 Å². The van der Waals surface area contributed by atoms with Gasteiger partial charge in [-0.25, -0.2) is 0 Å². The third-order valence-electron chi connectivity index (χ3n) is 10.2. The van der Waals surface area contributed by atoms with Crippen molar-refractivity contribution in [1.82, 2.24) is 0 Å². The molecule has 0 bridgehead atoms. The lowest BCUT2D eigenvalue weighted by Gasteiger charge is -2.18. The molecule has 59 heavy (non-hydrogen) atoms. The van der Waals surface area contributed by atoms with Crippen molar-refractivity contribution in [3.8, 4) is 0 Å². The normalized spacial score (nSPS) is 12.7. The van der Waals surface area contributed by atoms with E-state index in [1.807, 2.05) is 0 Å². The molecule has 0 aliphatic heterocycles. The fraction of sp³-hybridized carbons (Fsp3) is 0.717. The van der Waals surface area contributed by atoms with Gasteiger partial charge >= 0.3 is 17.9 Å². The predicted molar refractivity (Wildman–Crippen MR) is 251 cm³/mol. The van der Waals surface area contributed by atoms with E-state index in [0.717, 1.165) is 89.9 Å². The molecule has 0 amide bonds. The highest BCUT2D eigenvalue weighted by molar-refractivity contribution is 5.71. The van der Waals surface area contributed by atoms with E-state index in [2.05, 4.69) is 93.7 Å². The average molecular weight is 823 g/mol. The number of esters is 3. The van der Waals surface area contributed by atoms with Gasteiger partial charge in [-0.05, 0) is 89.9 Å². The van der Waals surface area contributed by atoms with Gasteiger partial charge in [0.1, 0.15) is 13.2 Å². The van der Waals surface area contributed by atoms with Crippen LogP contribution in [0.15, 0.2) is 72.9 Å². The molecule has 0 N–H and O–H groups in total. The Kier molecular flexibility index (Phi) is 45.0. The first kappa shape index (κ1) is 55.9. The molecule has 0 aliphatic rings. The lowest BCUT2D eigenvalue weighted by Crippen LogP contribution is -2.30. The summed E-state index contributed by atoms with van der Waals surface area (Å²) in [5.41, 5.74) is 0. The summed E-state index contributed by atoms with van der Waals surface area (Å²) in [6.45, 7) is 6.47. The average Bonchev–Trinajstić information content (AvgIpc) is 3.23. The minimum Gasteiger partial charge on any atom is -0.462 e. The van der Waals surface area contributed by atoms with Crippen molar-refractivity contribution in [3.63, 3.8) is 0 Å². The van der Waals surface area contributed by atoms with Gasteiger partial charge in [0.15, 0.2) is 6.10 Å². The summed E-state index contributed by atoms with van der Waals surface area (Å²) in [5.74, 6) is -0.949. The number of rotatable bonds is 43. The molecule has 0 radical (unpaired) electrons. The van der Waals surface area contributed by atoms with Crippen molar-refractivity contribution in [2.75, 3.05) is 13.2 Å². The van der Waals surface area contributed by atoms with Crippen LogP contribution >= 0.6 is 0 Å². The van der Waals surface area contributed by atoms with Gasteiger partial charge in [0.25, 0.3) is 0 Å². The van der Waals surface area contributed by atoms with Crippen LogP contribution < -0.4 is 0 Å². The number of hydrogen-bond donors (Lipinski definition) is 0. The van der Waals surface area contributed by atoms with E-state index >= 15 is 0 Å². The van der Waals surface area contributed by atoms with Gasteiger partial charge in [0, 0.05) is 19.3 Å². The van der Waals surface area contributed by atoms with Crippen molar-refractivity contribution in [3.05, 3.63) is 72.9 Å². The second kappa shape index (κ2) is 47.5. The third kappa shape index (κ3) is 45.8. The Labute approximate surface area is 363 Å². The number of ether oxygens (including phenoxy) is 3. The summed E-state index contributed by atoms with van der Waals surface area (Å²) < 4.78 is 16.7. The Balaban J connectivity index is 4.45. The first-order valence-electron chi connectivity index (χ1n) is 24.5. The summed E-state index contributed by atoms with van der Waals surface area (Å²) in [6.07, 6.45) is 58.8. The first-order chi connectivity index (χ1) is 29.0. The number of hydrogen-bond acceptors (Lipinski definition) is 6. The van der Waals surface area contributed by atoms with Gasteiger partial charge in [-0.1, -0.05) is 190 Å². The van der Waals surface area contributed by atoms with E-state index in [0.29, 0.717) is 19.3 Å². The molecule has 0 fully saturated rings. The van der Waals surface area contributed by atoms with Crippen LogP contribution in [0.2, 0.25) is 0 Å². The van der Waals surface area contributed by atoms with Gasteiger partial charge in [0.2, 0.25) is 0 Å². The van der Waals surface area contributed by atoms with E-state index in [1.54, 1.807) is 0 Å². The minimum absolute atomic E-state index is 0.0956. The Morgan fingerprint density at radius 2 is 0.610 bits per heavy atom. The molecule has 338 valence electrons. The Morgan fingerprint density at radius 3 is 0.966 bits per heavy atom. The highest BCUT2D eigenvalue weighted by atomic mass is 16.6. The summed E-state index contributed by atoms with van der Waals surface area (Å²) in [5, 5.41) is 0. The fourth-order valence-electron chi connectivity index (χ4n) is 6.46. The lowest BCUT2D eigenvalue weighted by atomic mass is 10.1. The molecule has 6 heteroatoms. The third-order valence-corrected chi connectivity index (χ3v) is 10.2. The summed E-state index contributed by atoms with van der Waals surface area (Å²) in [7, 11) is 0. The summed E-state index contributed by atoms with van der Waals surface area (Å²) >= 11 is 0. The Hall–Kier alpha value is -3.15. The molecule has 0 spiro atoms. The molecular formula is C53H90O6. The fourth-order valence-corrected chi connectivity index (χ4v) is 6.46. The second-order valence-electron chi connectivity index (χ2n) is 16.1. The zero-order valence-corrected chi connectivity index (χ0v) is 38.5. The van der Waals surface area contributed by atoms with Crippen molar-refractivity contribution < 1.29 is 28.6 Å². The number of carbonyl (C=O) groups excluding carboxylic acids is 3. The minimum atomic E-state index is -0.796. The van der Waals surface area contributed by atoms with Gasteiger partial charge in [0.05, 0.1) is 0 Å². The molecule has 1 unspecified atom stereocenters. The van der Waals surface area contributed by atoms with Crippen LogP contribution in [-0.4, -0.2) is 37.2 Å². The van der Waals surface area contributed by atoms with E-state index in [9.17, 15) is 14.4 Å². The molecule has 0 aromatic heterocycles. The SMILES string of the molecule is CCCC/C=C\C=C/CCCCCC(=O)OCC(COC(=O)CCCCCCCC/C=C\C=C/CCCCC)OC(=O)CCCCCCCC/C=C\C=C/CCCCC. The van der Waals surface area contributed by atoms with E-state index in [1.165, 1.54) is 96.3 Å². The molecule has 0 saturated heterocycles.